The summed E-state index contributed by atoms with van der Waals surface area (Å²) in [6, 6.07) is 5.43. The number of hydrogen-bond donors (Lipinski definition) is 2. The van der Waals surface area contributed by atoms with E-state index in [1.165, 1.54) is 4.68 Å². The van der Waals surface area contributed by atoms with E-state index >= 15 is 0 Å². The maximum atomic E-state index is 5.69. The van der Waals surface area contributed by atoms with Crippen LogP contribution in [-0.2, 0) is 0 Å². The normalized spacial score (nSPS) is 10.8. The van der Waals surface area contributed by atoms with E-state index in [4.69, 9.17) is 15.3 Å². The van der Waals surface area contributed by atoms with Gasteiger partial charge in [-0.15, -0.1) is 10.2 Å². The first kappa shape index (κ1) is 13.7. The molecule has 1 heterocycles. The summed E-state index contributed by atoms with van der Waals surface area (Å²) >= 11 is 0. The molecule has 2 aromatic rings. The molecule has 0 aliphatic heterocycles. The number of nitrogens with one attached hydrogen (secondary N) is 1. The van der Waals surface area contributed by atoms with Crippen molar-refractivity contribution in [1.82, 2.24) is 14.9 Å². The summed E-state index contributed by atoms with van der Waals surface area (Å²) in [5.41, 5.74) is 3.50. The van der Waals surface area contributed by atoms with Crippen molar-refractivity contribution in [3.05, 3.63) is 29.6 Å². The van der Waals surface area contributed by atoms with E-state index in [2.05, 4.69) is 20.7 Å². The average Bonchev–Trinajstić information content (AvgIpc) is 2.79. The molecular weight excluding hydrogens is 260 g/mol. The van der Waals surface area contributed by atoms with Crippen molar-refractivity contribution < 1.29 is 9.47 Å². The van der Waals surface area contributed by atoms with Crippen LogP contribution in [0.2, 0.25) is 0 Å². The second kappa shape index (κ2) is 5.91. The molecule has 0 fully saturated rings. The van der Waals surface area contributed by atoms with Crippen LogP contribution in [0.3, 0.4) is 0 Å². The molecule has 0 saturated heterocycles. The molecule has 0 spiro atoms. The van der Waals surface area contributed by atoms with Crippen LogP contribution in [0.15, 0.2) is 23.3 Å². The predicted octanol–water partition coefficient (Wildman–Crippen LogP) is 0.764. The Morgan fingerprint density at radius 3 is 2.70 bits per heavy atom. The summed E-state index contributed by atoms with van der Waals surface area (Å²) < 4.78 is 11.7. The minimum absolute atomic E-state index is 0.353. The summed E-state index contributed by atoms with van der Waals surface area (Å²) in [7, 11) is 3.18. The van der Waals surface area contributed by atoms with Crippen LogP contribution < -0.4 is 20.7 Å². The van der Waals surface area contributed by atoms with Crippen LogP contribution in [0.25, 0.3) is 0 Å². The number of nitrogens with two attached hydrogens (primary N) is 1. The zero-order valence-corrected chi connectivity index (χ0v) is 11.5. The second-order valence-electron chi connectivity index (χ2n) is 3.92. The lowest BCUT2D eigenvalue weighted by atomic mass is 10.2. The Morgan fingerprint density at radius 1 is 1.30 bits per heavy atom. The molecule has 0 aliphatic rings. The third-order valence-corrected chi connectivity index (χ3v) is 2.68. The Hall–Kier alpha value is -2.77. The quantitative estimate of drug-likeness (QED) is 0.475. The highest BCUT2D eigenvalue weighted by molar-refractivity contribution is 5.84. The highest BCUT2D eigenvalue weighted by atomic mass is 16.5. The van der Waals surface area contributed by atoms with E-state index in [0.29, 0.717) is 23.3 Å². The fourth-order valence-electron chi connectivity index (χ4n) is 1.53. The molecule has 0 radical (unpaired) electrons. The topological polar surface area (TPSA) is 99.6 Å². The summed E-state index contributed by atoms with van der Waals surface area (Å²) in [6.07, 6.45) is 1.60. The van der Waals surface area contributed by atoms with E-state index in [1.54, 1.807) is 33.4 Å². The monoisotopic (exact) mass is 276 g/mol. The fourth-order valence-corrected chi connectivity index (χ4v) is 1.53. The molecule has 106 valence electrons. The van der Waals surface area contributed by atoms with Crippen LogP contribution in [0, 0.1) is 6.92 Å². The highest BCUT2D eigenvalue weighted by Gasteiger charge is 2.04. The molecule has 0 saturated carbocycles. The number of hydrogen-bond acceptors (Lipinski definition) is 7. The number of anilines is 1. The molecule has 0 aliphatic carbocycles. The Kier molecular flexibility index (Phi) is 4.04. The van der Waals surface area contributed by atoms with Crippen molar-refractivity contribution in [2.24, 2.45) is 5.10 Å². The van der Waals surface area contributed by atoms with Gasteiger partial charge in [0.05, 0.1) is 20.4 Å². The number of rotatable bonds is 5. The van der Waals surface area contributed by atoms with Crippen molar-refractivity contribution in [1.29, 1.82) is 0 Å². The standard InChI is InChI=1S/C12H16N6O2/c1-8-15-17-12(18(8)13)16-14-7-9-4-5-10(19-2)6-11(9)20-3/h4-7H,13H2,1-3H3,(H,16,17)/b14-7-. The van der Waals surface area contributed by atoms with Crippen LogP contribution in [0.1, 0.15) is 11.4 Å². The van der Waals surface area contributed by atoms with Gasteiger partial charge in [-0.2, -0.15) is 5.10 Å². The average molecular weight is 276 g/mol. The second-order valence-corrected chi connectivity index (χ2v) is 3.92. The van der Waals surface area contributed by atoms with Crippen LogP contribution in [-0.4, -0.2) is 35.3 Å². The van der Waals surface area contributed by atoms with Gasteiger partial charge in [-0.25, -0.2) is 10.1 Å². The Bertz CT molecular complexity index is 622. The van der Waals surface area contributed by atoms with Gasteiger partial charge in [-0.3, -0.25) is 0 Å². The van der Waals surface area contributed by atoms with E-state index < -0.39 is 0 Å². The van der Waals surface area contributed by atoms with Crippen molar-refractivity contribution in [3.63, 3.8) is 0 Å². The van der Waals surface area contributed by atoms with Gasteiger partial charge in [0.2, 0.25) is 0 Å². The molecule has 1 aromatic carbocycles. The van der Waals surface area contributed by atoms with Gasteiger partial charge in [0.25, 0.3) is 5.95 Å². The smallest absolute Gasteiger partial charge is 0.263 e. The number of aromatic nitrogens is 3. The largest absolute Gasteiger partial charge is 0.497 e. The number of hydrazone groups is 1. The Morgan fingerprint density at radius 2 is 2.10 bits per heavy atom. The SMILES string of the molecule is COc1ccc(/C=N\Nc2nnc(C)n2N)c(OC)c1. The summed E-state index contributed by atoms with van der Waals surface area (Å²) in [6.45, 7) is 1.74. The molecule has 1 aromatic heterocycles. The molecular formula is C12H16N6O2. The fraction of sp³-hybridized carbons (Fsp3) is 0.250. The lowest BCUT2D eigenvalue weighted by Gasteiger charge is -2.06. The first-order chi connectivity index (χ1) is 9.65. The Labute approximate surface area is 116 Å². The molecule has 3 N–H and O–H groups in total. The summed E-state index contributed by atoms with van der Waals surface area (Å²) in [5.74, 6) is 8.00. The number of nitrogens with zero attached hydrogens (tertiary/aromatic N) is 4. The third-order valence-electron chi connectivity index (χ3n) is 2.68. The van der Waals surface area contributed by atoms with Crippen molar-refractivity contribution >= 4 is 12.2 Å². The van der Waals surface area contributed by atoms with E-state index in [0.717, 1.165) is 5.56 Å². The van der Waals surface area contributed by atoms with Crippen LogP contribution in [0.4, 0.5) is 5.95 Å². The first-order valence-electron chi connectivity index (χ1n) is 5.84. The van der Waals surface area contributed by atoms with Gasteiger partial charge < -0.3 is 15.3 Å². The lowest BCUT2D eigenvalue weighted by molar-refractivity contribution is 0.394. The van der Waals surface area contributed by atoms with Gasteiger partial charge in [0.1, 0.15) is 11.5 Å². The van der Waals surface area contributed by atoms with Crippen molar-refractivity contribution in [3.8, 4) is 11.5 Å². The van der Waals surface area contributed by atoms with Crippen molar-refractivity contribution in [2.75, 3.05) is 25.5 Å². The Balaban J connectivity index is 2.13. The van der Waals surface area contributed by atoms with E-state index in [9.17, 15) is 0 Å². The molecule has 8 nitrogen and oxygen atoms in total. The number of aryl methyl sites for hydroxylation is 1. The van der Waals surface area contributed by atoms with E-state index in [-0.39, 0.29) is 0 Å². The minimum atomic E-state index is 0.353. The molecule has 0 atom stereocenters. The molecule has 2 rings (SSSR count). The number of ether oxygens (including phenoxy) is 2. The molecule has 8 heteroatoms. The van der Waals surface area contributed by atoms with Gasteiger partial charge in [-0.05, 0) is 19.1 Å². The maximum Gasteiger partial charge on any atom is 0.263 e. The number of benzene rings is 1. The van der Waals surface area contributed by atoms with E-state index in [1.807, 2.05) is 12.1 Å². The van der Waals surface area contributed by atoms with Gasteiger partial charge in [0.15, 0.2) is 5.82 Å². The van der Waals surface area contributed by atoms with Gasteiger partial charge >= 0.3 is 0 Å². The van der Waals surface area contributed by atoms with Crippen molar-refractivity contribution in [2.45, 2.75) is 6.92 Å². The van der Waals surface area contributed by atoms with Crippen LogP contribution in [0.5, 0.6) is 11.5 Å². The zero-order valence-electron chi connectivity index (χ0n) is 11.5. The van der Waals surface area contributed by atoms with Crippen LogP contribution >= 0.6 is 0 Å². The van der Waals surface area contributed by atoms with Gasteiger partial charge in [0, 0.05) is 11.6 Å². The number of nitrogen functional groups attached to an aromatic ring is 1. The summed E-state index contributed by atoms with van der Waals surface area (Å²) in [5, 5.41) is 11.7. The predicted molar refractivity (Wildman–Crippen MR) is 75.7 cm³/mol. The zero-order chi connectivity index (χ0) is 14.5. The molecule has 20 heavy (non-hydrogen) atoms. The van der Waals surface area contributed by atoms with Gasteiger partial charge in [-0.1, -0.05) is 0 Å². The molecule has 0 unspecified atom stereocenters. The first-order valence-corrected chi connectivity index (χ1v) is 5.84. The minimum Gasteiger partial charge on any atom is -0.497 e. The maximum absolute atomic E-state index is 5.69. The summed E-state index contributed by atoms with van der Waals surface area (Å²) in [4.78, 5) is 0. The number of methoxy groups -OCH3 is 2. The molecule has 0 bridgehead atoms. The molecule has 0 amide bonds. The highest BCUT2D eigenvalue weighted by Crippen LogP contribution is 2.23. The third kappa shape index (κ3) is 2.79. The lowest BCUT2D eigenvalue weighted by Crippen LogP contribution is -2.13.